The maximum absolute atomic E-state index is 14.8. The van der Waals surface area contributed by atoms with Crippen LogP contribution in [0.5, 0.6) is 0 Å². The largest absolute Gasteiger partial charge is 0.444 e. The lowest BCUT2D eigenvalue weighted by atomic mass is 9.90. The highest BCUT2D eigenvalue weighted by atomic mass is 16.6. The number of hydrogen-bond acceptors (Lipinski definition) is 8. The van der Waals surface area contributed by atoms with Gasteiger partial charge in [-0.05, 0) is 43.0 Å². The van der Waals surface area contributed by atoms with Gasteiger partial charge in [-0.3, -0.25) is 4.79 Å². The van der Waals surface area contributed by atoms with Gasteiger partial charge >= 0.3 is 6.09 Å². The lowest BCUT2D eigenvalue weighted by molar-refractivity contribution is -0.210. The molecule has 1 saturated heterocycles. The predicted octanol–water partition coefficient (Wildman–Crippen LogP) is 6.40. The highest BCUT2D eigenvalue weighted by Crippen LogP contribution is 2.28. The maximum Gasteiger partial charge on any atom is 0.410 e. The maximum atomic E-state index is 14.8. The Balaban J connectivity index is 1.50. The Morgan fingerprint density at radius 3 is 1.53 bits per heavy atom. The van der Waals surface area contributed by atoms with Gasteiger partial charge in [0.05, 0.1) is 33.0 Å². The molecule has 0 bridgehead atoms. The molecule has 10 heteroatoms. The van der Waals surface area contributed by atoms with Crippen LogP contribution < -0.4 is 0 Å². The van der Waals surface area contributed by atoms with Crippen molar-refractivity contribution in [3.05, 3.63) is 144 Å². The second-order valence-corrected chi connectivity index (χ2v) is 14.5. The Labute approximate surface area is 324 Å². The summed E-state index contributed by atoms with van der Waals surface area (Å²) in [7, 11) is 0. The second kappa shape index (κ2) is 20.1. The van der Waals surface area contributed by atoms with E-state index in [-0.39, 0.29) is 59.2 Å². The molecule has 2 amide bonds. The molecule has 1 fully saturated rings. The molecule has 0 saturated carbocycles. The standard InChI is InChI=1S/C45H52N2O8/c1-5-45(50,34-51-30-35-18-10-6-11-19-35)41(54-33-38-24-16-9-17-25-38)39(52-31-36-20-12-7-13-21-36)40(53-32-37-22-14-8-15-23-37)42(48)46-26-28-47(29-27-46)43(49)55-44(2,3)4/h1,6-25,39-41,50H,26-34H2,2-4H3/t39-,40-,41+,45+/m1/s1. The lowest BCUT2D eigenvalue weighted by Gasteiger charge is -2.42. The molecule has 1 heterocycles. The van der Waals surface area contributed by atoms with Crippen LogP contribution >= 0.6 is 0 Å². The van der Waals surface area contributed by atoms with Gasteiger partial charge in [0.2, 0.25) is 0 Å². The van der Waals surface area contributed by atoms with Crippen molar-refractivity contribution >= 4 is 12.0 Å². The Hall–Kier alpha value is -5.02. The molecule has 1 aliphatic rings. The van der Waals surface area contributed by atoms with Crippen LogP contribution in [0.3, 0.4) is 0 Å². The van der Waals surface area contributed by atoms with Crippen molar-refractivity contribution in [1.29, 1.82) is 0 Å². The molecular formula is C45H52N2O8. The van der Waals surface area contributed by atoms with Crippen LogP contribution in [0.25, 0.3) is 0 Å². The zero-order valence-corrected chi connectivity index (χ0v) is 31.9. The number of rotatable bonds is 17. The number of carbonyl (C=O) groups excluding carboxylic acids is 2. The number of piperazine rings is 1. The van der Waals surface area contributed by atoms with Gasteiger partial charge in [0.25, 0.3) is 5.91 Å². The van der Waals surface area contributed by atoms with Crippen molar-refractivity contribution in [3.63, 3.8) is 0 Å². The van der Waals surface area contributed by atoms with Gasteiger partial charge in [-0.1, -0.05) is 127 Å². The summed E-state index contributed by atoms with van der Waals surface area (Å²) < 4.78 is 31.5. The quantitative estimate of drug-likeness (QED) is 0.124. The molecule has 4 atom stereocenters. The highest BCUT2D eigenvalue weighted by Gasteiger charge is 2.49. The molecule has 0 aliphatic carbocycles. The molecule has 1 N–H and O–H groups in total. The molecule has 55 heavy (non-hydrogen) atoms. The van der Waals surface area contributed by atoms with E-state index >= 15 is 0 Å². The molecule has 10 nitrogen and oxygen atoms in total. The number of terminal acetylenes is 1. The number of ether oxygens (including phenoxy) is 5. The van der Waals surface area contributed by atoms with Gasteiger partial charge in [0.15, 0.2) is 11.7 Å². The summed E-state index contributed by atoms with van der Waals surface area (Å²) in [5.41, 5.74) is 0.651. The third-order valence-corrected chi connectivity index (χ3v) is 9.07. The summed E-state index contributed by atoms with van der Waals surface area (Å²) in [6.07, 6.45) is 1.89. The van der Waals surface area contributed by atoms with Crippen LogP contribution in [0.2, 0.25) is 0 Å². The van der Waals surface area contributed by atoms with Gasteiger partial charge in [-0.15, -0.1) is 6.42 Å². The summed E-state index contributed by atoms with van der Waals surface area (Å²) >= 11 is 0. The minimum atomic E-state index is -2.07. The average Bonchev–Trinajstić information content (AvgIpc) is 3.20. The van der Waals surface area contributed by atoms with Crippen molar-refractivity contribution in [2.24, 2.45) is 0 Å². The van der Waals surface area contributed by atoms with Gasteiger partial charge in [0.1, 0.15) is 17.8 Å². The molecule has 0 radical (unpaired) electrons. The van der Waals surface area contributed by atoms with Gasteiger partial charge in [-0.2, -0.15) is 0 Å². The third-order valence-electron chi connectivity index (χ3n) is 9.07. The average molecular weight is 749 g/mol. The molecule has 1 aliphatic heterocycles. The van der Waals surface area contributed by atoms with Gasteiger partial charge in [0, 0.05) is 26.2 Å². The number of nitrogens with zero attached hydrogens (tertiary/aromatic N) is 2. The van der Waals surface area contributed by atoms with Crippen LogP contribution in [-0.4, -0.2) is 89.2 Å². The number of aliphatic hydroxyl groups is 1. The van der Waals surface area contributed by atoms with E-state index in [0.29, 0.717) is 0 Å². The topological polar surface area (TPSA) is 107 Å². The first-order valence-electron chi connectivity index (χ1n) is 18.6. The normalized spacial score (nSPS) is 16.0. The molecular weight excluding hydrogens is 697 g/mol. The molecule has 0 unspecified atom stereocenters. The zero-order valence-electron chi connectivity index (χ0n) is 31.9. The van der Waals surface area contributed by atoms with E-state index in [1.807, 2.05) is 142 Å². The van der Waals surface area contributed by atoms with Crippen molar-refractivity contribution in [2.75, 3.05) is 32.8 Å². The zero-order chi connectivity index (χ0) is 39.1. The molecule has 290 valence electrons. The Morgan fingerprint density at radius 2 is 1.07 bits per heavy atom. The number of benzene rings is 4. The number of carbonyl (C=O) groups is 2. The van der Waals surface area contributed by atoms with Crippen molar-refractivity contribution in [3.8, 4) is 12.3 Å². The second-order valence-electron chi connectivity index (χ2n) is 14.5. The molecule has 4 aromatic carbocycles. The summed E-state index contributed by atoms with van der Waals surface area (Å²) in [5.74, 6) is 2.16. The smallest absolute Gasteiger partial charge is 0.410 e. The summed E-state index contributed by atoms with van der Waals surface area (Å²) in [4.78, 5) is 31.0. The minimum Gasteiger partial charge on any atom is -0.444 e. The van der Waals surface area contributed by atoms with E-state index in [1.54, 1.807) is 9.80 Å². The van der Waals surface area contributed by atoms with E-state index in [9.17, 15) is 14.7 Å². The van der Waals surface area contributed by atoms with Crippen LogP contribution in [0.15, 0.2) is 121 Å². The number of hydrogen-bond donors (Lipinski definition) is 1. The minimum absolute atomic E-state index is 0.0491. The monoisotopic (exact) mass is 748 g/mol. The van der Waals surface area contributed by atoms with Crippen molar-refractivity contribution in [2.45, 2.75) is 76.7 Å². The molecule has 5 rings (SSSR count). The van der Waals surface area contributed by atoms with E-state index in [0.717, 1.165) is 22.3 Å². The first kappa shape index (κ1) is 41.1. The van der Waals surface area contributed by atoms with Crippen LogP contribution in [0.1, 0.15) is 43.0 Å². The first-order valence-corrected chi connectivity index (χ1v) is 18.6. The Bertz CT molecular complexity index is 1790. The van der Waals surface area contributed by atoms with Crippen molar-refractivity contribution < 1.29 is 38.4 Å². The summed E-state index contributed by atoms with van der Waals surface area (Å²) in [5, 5.41) is 12.4. The fourth-order valence-corrected chi connectivity index (χ4v) is 6.15. The lowest BCUT2D eigenvalue weighted by Crippen LogP contribution is -2.62. The van der Waals surface area contributed by atoms with Gasteiger partial charge in [-0.25, -0.2) is 4.79 Å². The fraction of sp³-hybridized carbons (Fsp3) is 0.378. The summed E-state index contributed by atoms with van der Waals surface area (Å²) in [6.45, 7) is 6.45. The first-order chi connectivity index (χ1) is 26.5. The molecule has 0 spiro atoms. The van der Waals surface area contributed by atoms with E-state index in [4.69, 9.17) is 30.1 Å². The van der Waals surface area contributed by atoms with Crippen LogP contribution in [0.4, 0.5) is 4.79 Å². The van der Waals surface area contributed by atoms with Crippen molar-refractivity contribution in [1.82, 2.24) is 9.80 Å². The Kier molecular flexibility index (Phi) is 15.0. The highest BCUT2D eigenvalue weighted by molar-refractivity contribution is 5.82. The SMILES string of the molecule is C#C[C@](O)(COCc1ccccc1)[C@@H](OCc1ccccc1)[C@H](OCc1ccccc1)[C@@H](OCc1ccccc1)C(=O)N1CCN(C(=O)OC(C)(C)C)CC1. The molecule has 0 aromatic heterocycles. The van der Waals surface area contributed by atoms with E-state index < -0.39 is 41.5 Å². The fourth-order valence-electron chi connectivity index (χ4n) is 6.15. The number of amides is 2. The van der Waals surface area contributed by atoms with Gasteiger partial charge < -0.3 is 38.6 Å². The Morgan fingerprint density at radius 1 is 0.655 bits per heavy atom. The van der Waals surface area contributed by atoms with Crippen LogP contribution in [-0.2, 0) is 54.9 Å². The molecule has 4 aromatic rings. The third kappa shape index (κ3) is 12.5. The summed E-state index contributed by atoms with van der Waals surface area (Å²) in [6, 6.07) is 38.0. The van der Waals surface area contributed by atoms with E-state index in [2.05, 4.69) is 5.92 Å². The predicted molar refractivity (Wildman–Crippen MR) is 209 cm³/mol. The van der Waals surface area contributed by atoms with Crippen LogP contribution in [0, 0.1) is 12.3 Å². The van der Waals surface area contributed by atoms with E-state index in [1.165, 1.54) is 0 Å².